The maximum Gasteiger partial charge on any atom is 0.135 e. The highest BCUT2D eigenvalue weighted by molar-refractivity contribution is 9.10. The summed E-state index contributed by atoms with van der Waals surface area (Å²) in [6.07, 6.45) is 6.73. The number of rotatable bonds is 3. The first-order valence-electron chi connectivity index (χ1n) is 17.1. The smallest absolute Gasteiger partial charge is 0.135 e. The van der Waals surface area contributed by atoms with Gasteiger partial charge in [0.2, 0.25) is 0 Å². The standard InChI is InChI=1S/C46H28BrNOS/c47-31-23-29(27-20-21-42-37(25-27)34-13-4-7-18-41(34)49-42)22-30(24-31)44-32-11-2-1-10-28(32)26-38-33-12-3-6-16-39(33)48(45(38)44)40-17-9-15-36-35-14-5-8-19-43(35)50-46(36)40/h1-5,7-15,17-26H,6,16H2. The number of nitrogens with zero attached hydrogens (tertiary/aromatic N) is 1. The summed E-state index contributed by atoms with van der Waals surface area (Å²) in [5.74, 6) is 0. The second-order valence-electron chi connectivity index (χ2n) is 13.3. The van der Waals surface area contributed by atoms with Crippen molar-refractivity contribution in [3.8, 4) is 27.9 Å². The van der Waals surface area contributed by atoms with Gasteiger partial charge in [-0.1, -0.05) is 107 Å². The monoisotopic (exact) mass is 721 g/mol. The molecule has 0 aliphatic heterocycles. The molecule has 0 saturated carbocycles. The molecule has 236 valence electrons. The van der Waals surface area contributed by atoms with Crippen molar-refractivity contribution >= 4 is 97.1 Å². The van der Waals surface area contributed by atoms with Gasteiger partial charge in [-0.15, -0.1) is 11.3 Å². The molecule has 2 nitrogen and oxygen atoms in total. The van der Waals surface area contributed by atoms with E-state index in [2.05, 4.69) is 154 Å². The van der Waals surface area contributed by atoms with Gasteiger partial charge in [0.05, 0.1) is 15.9 Å². The Morgan fingerprint density at radius 1 is 0.600 bits per heavy atom. The molecule has 4 heteroatoms. The highest BCUT2D eigenvalue weighted by Gasteiger charge is 2.25. The van der Waals surface area contributed by atoms with E-state index in [1.54, 1.807) is 0 Å². The zero-order valence-electron chi connectivity index (χ0n) is 26.9. The van der Waals surface area contributed by atoms with Crippen molar-refractivity contribution in [2.45, 2.75) is 12.8 Å². The molecular formula is C46H28BrNOS. The Bertz CT molecular complexity index is 3060. The Kier molecular flexibility index (Phi) is 6.13. The molecule has 0 radical (unpaired) electrons. The van der Waals surface area contributed by atoms with Crippen LogP contribution in [0.2, 0.25) is 0 Å². The maximum atomic E-state index is 6.18. The van der Waals surface area contributed by atoms with Crippen LogP contribution in [0.1, 0.15) is 17.7 Å². The highest BCUT2D eigenvalue weighted by Crippen LogP contribution is 2.47. The lowest BCUT2D eigenvalue weighted by Gasteiger charge is -2.18. The van der Waals surface area contributed by atoms with Gasteiger partial charge in [0.15, 0.2) is 0 Å². The SMILES string of the molecule is Brc1cc(-c2ccc3oc4ccccc4c3c2)cc(-c2c3ccccc3cc3c4c(n(-c5cccc6c5sc5ccccc56)c23)CCC=C4)c1. The summed E-state index contributed by atoms with van der Waals surface area (Å²) in [5, 5.41) is 8.73. The predicted octanol–water partition coefficient (Wildman–Crippen LogP) is 14.1. The third kappa shape index (κ3) is 4.13. The fourth-order valence-electron chi connectivity index (χ4n) is 8.31. The van der Waals surface area contributed by atoms with Crippen LogP contribution in [0.5, 0.6) is 0 Å². The van der Waals surface area contributed by atoms with E-state index in [0.717, 1.165) is 50.4 Å². The van der Waals surface area contributed by atoms with Gasteiger partial charge in [-0.05, 0) is 94.9 Å². The molecule has 1 aliphatic carbocycles. The van der Waals surface area contributed by atoms with Crippen LogP contribution in [0, 0.1) is 0 Å². The number of hydrogen-bond donors (Lipinski definition) is 0. The summed E-state index contributed by atoms with van der Waals surface area (Å²) >= 11 is 5.86. The van der Waals surface area contributed by atoms with E-state index in [4.69, 9.17) is 4.42 Å². The Morgan fingerprint density at radius 2 is 1.38 bits per heavy atom. The van der Waals surface area contributed by atoms with Crippen molar-refractivity contribution in [3.63, 3.8) is 0 Å². The number of para-hydroxylation sites is 1. The van der Waals surface area contributed by atoms with Crippen molar-refractivity contribution < 1.29 is 4.42 Å². The molecule has 0 bridgehead atoms. The summed E-state index contributed by atoms with van der Waals surface area (Å²) in [5.41, 5.74) is 11.9. The van der Waals surface area contributed by atoms with E-state index in [0.29, 0.717) is 0 Å². The summed E-state index contributed by atoms with van der Waals surface area (Å²) in [6.45, 7) is 0. The number of thiophene rings is 1. The second kappa shape index (κ2) is 10.8. The molecule has 0 N–H and O–H groups in total. The molecule has 7 aromatic carbocycles. The molecule has 1 aliphatic rings. The topological polar surface area (TPSA) is 18.1 Å². The number of benzene rings is 7. The Hall–Kier alpha value is -5.42. The predicted molar refractivity (Wildman–Crippen MR) is 217 cm³/mol. The molecule has 0 fully saturated rings. The van der Waals surface area contributed by atoms with Gasteiger partial charge < -0.3 is 8.98 Å². The number of hydrogen-bond acceptors (Lipinski definition) is 2. The summed E-state index contributed by atoms with van der Waals surface area (Å²) in [4.78, 5) is 0. The molecular weight excluding hydrogens is 694 g/mol. The molecule has 3 aromatic heterocycles. The lowest BCUT2D eigenvalue weighted by molar-refractivity contribution is 0.669. The summed E-state index contributed by atoms with van der Waals surface area (Å²) in [6, 6.07) is 48.7. The molecule has 10 aromatic rings. The van der Waals surface area contributed by atoms with E-state index >= 15 is 0 Å². The molecule has 11 rings (SSSR count). The normalized spacial score (nSPS) is 13.1. The van der Waals surface area contributed by atoms with E-state index in [1.807, 2.05) is 23.5 Å². The number of aromatic nitrogens is 1. The second-order valence-corrected chi connectivity index (χ2v) is 15.3. The van der Waals surface area contributed by atoms with E-state index < -0.39 is 0 Å². The molecule has 0 atom stereocenters. The number of allylic oxidation sites excluding steroid dienone is 1. The average molecular weight is 723 g/mol. The van der Waals surface area contributed by atoms with Crippen molar-refractivity contribution in [3.05, 3.63) is 155 Å². The molecule has 0 unspecified atom stereocenters. The first kappa shape index (κ1) is 28.4. The fourth-order valence-corrected chi connectivity index (χ4v) is 10.0. The minimum atomic E-state index is 0.910. The Labute approximate surface area is 300 Å². The summed E-state index contributed by atoms with van der Waals surface area (Å²) < 4.78 is 12.5. The first-order chi connectivity index (χ1) is 24.7. The van der Waals surface area contributed by atoms with Gasteiger partial charge >= 0.3 is 0 Å². The Balaban J connectivity index is 1.24. The van der Waals surface area contributed by atoms with Crippen molar-refractivity contribution in [2.24, 2.45) is 0 Å². The van der Waals surface area contributed by atoms with Crippen LogP contribution in [-0.4, -0.2) is 4.57 Å². The lowest BCUT2D eigenvalue weighted by Crippen LogP contribution is -2.04. The quantitative estimate of drug-likeness (QED) is 0.178. The van der Waals surface area contributed by atoms with Crippen molar-refractivity contribution in [2.75, 3.05) is 0 Å². The first-order valence-corrected chi connectivity index (χ1v) is 18.7. The molecule has 0 spiro atoms. The zero-order valence-corrected chi connectivity index (χ0v) is 29.3. The van der Waals surface area contributed by atoms with Crippen LogP contribution in [0.3, 0.4) is 0 Å². The summed E-state index contributed by atoms with van der Waals surface area (Å²) in [7, 11) is 0. The minimum absolute atomic E-state index is 0.910. The average Bonchev–Trinajstić information content (AvgIpc) is 3.83. The molecule has 0 amide bonds. The number of halogens is 1. The maximum absolute atomic E-state index is 6.18. The van der Waals surface area contributed by atoms with Crippen molar-refractivity contribution in [1.82, 2.24) is 4.57 Å². The van der Waals surface area contributed by atoms with Gasteiger partial charge in [-0.3, -0.25) is 0 Å². The van der Waals surface area contributed by atoms with Gasteiger partial charge in [0.1, 0.15) is 11.2 Å². The number of furan rings is 1. The van der Waals surface area contributed by atoms with Gasteiger partial charge in [0, 0.05) is 52.9 Å². The van der Waals surface area contributed by atoms with Crippen LogP contribution >= 0.6 is 27.3 Å². The van der Waals surface area contributed by atoms with Crippen LogP contribution in [0.25, 0.3) is 97.8 Å². The minimum Gasteiger partial charge on any atom is -0.456 e. The lowest BCUT2D eigenvalue weighted by atomic mass is 9.92. The van der Waals surface area contributed by atoms with Gasteiger partial charge in [-0.25, -0.2) is 0 Å². The van der Waals surface area contributed by atoms with E-state index in [9.17, 15) is 0 Å². The molecule has 3 heterocycles. The van der Waals surface area contributed by atoms with E-state index in [-0.39, 0.29) is 0 Å². The van der Waals surface area contributed by atoms with Crippen molar-refractivity contribution in [1.29, 1.82) is 0 Å². The van der Waals surface area contributed by atoms with Gasteiger partial charge in [0.25, 0.3) is 0 Å². The third-order valence-electron chi connectivity index (χ3n) is 10.5. The largest absolute Gasteiger partial charge is 0.456 e. The van der Waals surface area contributed by atoms with E-state index in [1.165, 1.54) is 69.9 Å². The van der Waals surface area contributed by atoms with Crippen LogP contribution in [-0.2, 0) is 6.42 Å². The molecule has 50 heavy (non-hydrogen) atoms. The number of fused-ring (bicyclic) bond motifs is 10. The highest BCUT2D eigenvalue weighted by atomic mass is 79.9. The fraction of sp³-hybridized carbons (Fsp3) is 0.0435. The van der Waals surface area contributed by atoms with Crippen LogP contribution < -0.4 is 0 Å². The van der Waals surface area contributed by atoms with Crippen LogP contribution in [0.4, 0.5) is 0 Å². The Morgan fingerprint density at radius 3 is 2.32 bits per heavy atom. The zero-order chi connectivity index (χ0) is 32.9. The van der Waals surface area contributed by atoms with Crippen LogP contribution in [0.15, 0.2) is 148 Å². The van der Waals surface area contributed by atoms with Gasteiger partial charge in [-0.2, -0.15) is 0 Å². The third-order valence-corrected chi connectivity index (χ3v) is 12.1. The molecule has 0 saturated heterocycles.